The Hall–Kier alpha value is -1.90. The van der Waals surface area contributed by atoms with Gasteiger partial charge in [-0.05, 0) is 24.3 Å². The number of nitrogens with zero attached hydrogens (tertiary/aromatic N) is 1. The van der Waals surface area contributed by atoms with Crippen LogP contribution in [0.2, 0.25) is 0 Å². The predicted octanol–water partition coefficient (Wildman–Crippen LogP) is 2.90. The summed E-state index contributed by atoms with van der Waals surface area (Å²) in [5, 5.41) is 2.33. The molecule has 0 radical (unpaired) electrons. The van der Waals surface area contributed by atoms with Crippen LogP contribution in [-0.2, 0) is 9.53 Å². The second-order valence-corrected chi connectivity index (χ2v) is 4.65. The molecule has 1 aliphatic rings. The van der Waals surface area contributed by atoms with Gasteiger partial charge in [-0.3, -0.25) is 9.78 Å². The van der Waals surface area contributed by atoms with Crippen molar-refractivity contribution in [3.63, 3.8) is 0 Å². The first-order chi connectivity index (χ1) is 8.81. The van der Waals surface area contributed by atoms with E-state index in [0.29, 0.717) is 6.61 Å². The highest BCUT2D eigenvalue weighted by atomic mass is 16.5. The lowest BCUT2D eigenvalue weighted by atomic mass is 10.0. The fraction of sp³-hybridized carbons (Fsp3) is 0.333. The number of rotatable bonds is 3. The van der Waals surface area contributed by atoms with Gasteiger partial charge in [0.05, 0.1) is 12.5 Å². The molecule has 1 fully saturated rings. The average molecular weight is 241 g/mol. The highest BCUT2D eigenvalue weighted by Gasteiger charge is 2.45. The van der Waals surface area contributed by atoms with Crippen molar-refractivity contribution < 1.29 is 9.53 Å². The van der Waals surface area contributed by atoms with Crippen molar-refractivity contribution in [2.75, 3.05) is 6.61 Å². The first-order valence-electron chi connectivity index (χ1n) is 6.30. The molecule has 1 saturated carbocycles. The first kappa shape index (κ1) is 11.2. The van der Waals surface area contributed by atoms with Crippen LogP contribution in [0.1, 0.15) is 24.8 Å². The lowest BCUT2D eigenvalue weighted by Gasteiger charge is -2.05. The summed E-state index contributed by atoms with van der Waals surface area (Å²) in [5.41, 5.74) is 1.17. The second kappa shape index (κ2) is 4.41. The summed E-state index contributed by atoms with van der Waals surface area (Å²) in [4.78, 5) is 15.9. The second-order valence-electron chi connectivity index (χ2n) is 4.65. The van der Waals surface area contributed by atoms with Crippen molar-refractivity contribution >= 4 is 16.7 Å². The molecule has 1 unspecified atom stereocenters. The van der Waals surface area contributed by atoms with Crippen molar-refractivity contribution in [1.29, 1.82) is 0 Å². The van der Waals surface area contributed by atoms with Crippen molar-refractivity contribution in [2.24, 2.45) is 5.92 Å². The van der Waals surface area contributed by atoms with Crippen LogP contribution in [0.3, 0.4) is 0 Å². The van der Waals surface area contributed by atoms with Gasteiger partial charge in [0.1, 0.15) is 0 Å². The van der Waals surface area contributed by atoms with Crippen LogP contribution in [-0.4, -0.2) is 17.6 Å². The van der Waals surface area contributed by atoms with E-state index in [4.69, 9.17) is 4.74 Å². The maximum absolute atomic E-state index is 11.7. The number of hydrogen-bond acceptors (Lipinski definition) is 3. The summed E-state index contributed by atoms with van der Waals surface area (Å²) < 4.78 is 5.07. The van der Waals surface area contributed by atoms with Gasteiger partial charge < -0.3 is 4.74 Å². The first-order valence-corrected chi connectivity index (χ1v) is 6.30. The number of ether oxygens (including phenoxy) is 1. The summed E-state index contributed by atoms with van der Waals surface area (Å²) in [6, 6.07) is 8.16. The molecule has 3 heteroatoms. The molecule has 0 spiro atoms. The molecule has 2 aromatic rings. The predicted molar refractivity (Wildman–Crippen MR) is 69.2 cm³/mol. The van der Waals surface area contributed by atoms with Crippen molar-refractivity contribution in [2.45, 2.75) is 19.3 Å². The average Bonchev–Trinajstić information content (AvgIpc) is 3.18. The third-order valence-corrected chi connectivity index (χ3v) is 3.48. The summed E-state index contributed by atoms with van der Waals surface area (Å²) in [6.07, 6.45) is 4.63. The van der Waals surface area contributed by atoms with Crippen LogP contribution >= 0.6 is 0 Å². The summed E-state index contributed by atoms with van der Waals surface area (Å²) >= 11 is 0. The standard InChI is InChI=1S/C15H15NO2/c1-2-18-15(17)13-7-12(13)14-9-16-8-10-5-3-4-6-11(10)14/h3-6,8-9,12-13H,2,7H2,1H3/t12?,13-/m0/s1. The molecule has 3 rings (SSSR count). The Labute approximate surface area is 106 Å². The summed E-state index contributed by atoms with van der Waals surface area (Å²) in [6.45, 7) is 2.30. The number of aromatic nitrogens is 1. The minimum absolute atomic E-state index is 0.0255. The molecule has 1 aromatic carbocycles. The maximum atomic E-state index is 11.7. The van der Waals surface area contributed by atoms with Gasteiger partial charge in [-0.1, -0.05) is 24.3 Å². The van der Waals surface area contributed by atoms with Crippen LogP contribution < -0.4 is 0 Å². The van der Waals surface area contributed by atoms with Crippen molar-refractivity contribution in [3.8, 4) is 0 Å². The third kappa shape index (κ3) is 1.86. The highest BCUT2D eigenvalue weighted by molar-refractivity contribution is 5.87. The van der Waals surface area contributed by atoms with Gasteiger partial charge in [0.15, 0.2) is 0 Å². The van der Waals surface area contributed by atoms with Crippen LogP contribution in [0.4, 0.5) is 0 Å². The fourth-order valence-corrected chi connectivity index (χ4v) is 2.48. The van der Waals surface area contributed by atoms with Crippen LogP contribution in [0.15, 0.2) is 36.7 Å². The minimum atomic E-state index is -0.0737. The third-order valence-electron chi connectivity index (χ3n) is 3.48. The lowest BCUT2D eigenvalue weighted by Crippen LogP contribution is -2.07. The number of benzene rings is 1. The number of esters is 1. The normalized spacial score (nSPS) is 21.8. The Balaban J connectivity index is 1.91. The Bertz CT molecular complexity index is 589. The quantitative estimate of drug-likeness (QED) is 0.776. The molecule has 3 nitrogen and oxygen atoms in total. The van der Waals surface area contributed by atoms with E-state index in [1.165, 1.54) is 10.9 Å². The molecule has 0 saturated heterocycles. The smallest absolute Gasteiger partial charge is 0.309 e. The van der Waals surface area contributed by atoms with Crippen molar-refractivity contribution in [1.82, 2.24) is 4.98 Å². The zero-order chi connectivity index (χ0) is 12.5. The van der Waals surface area contributed by atoms with E-state index in [0.717, 1.165) is 11.8 Å². The molecule has 0 N–H and O–H groups in total. The molecule has 1 aromatic heterocycles. The zero-order valence-electron chi connectivity index (χ0n) is 10.3. The molecular formula is C15H15NO2. The molecule has 0 amide bonds. The summed E-state index contributed by atoms with van der Waals surface area (Å²) in [5.74, 6) is 0.232. The minimum Gasteiger partial charge on any atom is -0.466 e. The number of hydrogen-bond donors (Lipinski definition) is 0. The fourth-order valence-electron chi connectivity index (χ4n) is 2.48. The summed E-state index contributed by atoms with van der Waals surface area (Å²) in [7, 11) is 0. The van der Waals surface area contributed by atoms with E-state index < -0.39 is 0 Å². The number of fused-ring (bicyclic) bond motifs is 1. The van der Waals surface area contributed by atoms with Crippen LogP contribution in [0, 0.1) is 5.92 Å². The molecule has 2 atom stereocenters. The monoisotopic (exact) mass is 241 g/mol. The lowest BCUT2D eigenvalue weighted by molar-refractivity contribution is -0.144. The number of carbonyl (C=O) groups excluding carboxylic acids is 1. The van der Waals surface area contributed by atoms with Gasteiger partial charge in [0.25, 0.3) is 0 Å². The van der Waals surface area contributed by atoms with E-state index in [-0.39, 0.29) is 17.8 Å². The Kier molecular flexibility index (Phi) is 2.74. The Morgan fingerprint density at radius 1 is 1.39 bits per heavy atom. The van der Waals surface area contributed by atoms with E-state index in [9.17, 15) is 4.79 Å². The molecular weight excluding hydrogens is 226 g/mol. The van der Waals surface area contributed by atoms with E-state index in [1.54, 1.807) is 0 Å². The highest BCUT2D eigenvalue weighted by Crippen LogP contribution is 2.49. The number of carbonyl (C=O) groups is 1. The van der Waals surface area contributed by atoms with E-state index in [1.807, 2.05) is 37.5 Å². The van der Waals surface area contributed by atoms with Gasteiger partial charge in [0.2, 0.25) is 0 Å². The van der Waals surface area contributed by atoms with Crippen LogP contribution in [0.25, 0.3) is 10.8 Å². The molecule has 18 heavy (non-hydrogen) atoms. The maximum Gasteiger partial charge on any atom is 0.309 e. The molecule has 0 bridgehead atoms. The largest absolute Gasteiger partial charge is 0.466 e. The van der Waals surface area contributed by atoms with Gasteiger partial charge in [0, 0.05) is 23.7 Å². The molecule has 1 heterocycles. The van der Waals surface area contributed by atoms with Crippen LogP contribution in [0.5, 0.6) is 0 Å². The van der Waals surface area contributed by atoms with Gasteiger partial charge in [-0.25, -0.2) is 0 Å². The van der Waals surface area contributed by atoms with Gasteiger partial charge in [-0.2, -0.15) is 0 Å². The SMILES string of the molecule is CCOC(=O)[C@H]1CC1c1cncc2ccccc12. The van der Waals surface area contributed by atoms with Crippen molar-refractivity contribution in [3.05, 3.63) is 42.2 Å². The topological polar surface area (TPSA) is 39.2 Å². The molecule has 1 aliphatic carbocycles. The van der Waals surface area contributed by atoms with Gasteiger partial charge in [-0.15, -0.1) is 0 Å². The Morgan fingerprint density at radius 3 is 3.06 bits per heavy atom. The van der Waals surface area contributed by atoms with E-state index >= 15 is 0 Å². The van der Waals surface area contributed by atoms with E-state index in [2.05, 4.69) is 11.1 Å². The molecule has 92 valence electrons. The Morgan fingerprint density at radius 2 is 2.22 bits per heavy atom. The zero-order valence-corrected chi connectivity index (χ0v) is 10.3. The number of pyridine rings is 1. The molecule has 0 aliphatic heterocycles. The van der Waals surface area contributed by atoms with Gasteiger partial charge >= 0.3 is 5.97 Å².